The molecule has 4 N–H and O–H groups in total. The van der Waals surface area contributed by atoms with Crippen molar-refractivity contribution in [3.63, 3.8) is 0 Å². The van der Waals surface area contributed by atoms with Crippen LogP contribution in [0.3, 0.4) is 0 Å². The van der Waals surface area contributed by atoms with E-state index in [2.05, 4.69) is 5.10 Å². The summed E-state index contributed by atoms with van der Waals surface area (Å²) in [5, 5.41) is 3.91. The summed E-state index contributed by atoms with van der Waals surface area (Å²) >= 11 is 0. The van der Waals surface area contributed by atoms with Gasteiger partial charge in [0.15, 0.2) is 0 Å². The van der Waals surface area contributed by atoms with Gasteiger partial charge in [-0.2, -0.15) is 5.10 Å². The Hall–Kier alpha value is -2.37. The molecule has 1 aromatic heterocycles. The summed E-state index contributed by atoms with van der Waals surface area (Å²) in [7, 11) is 0. The van der Waals surface area contributed by atoms with Crippen LogP contribution in [0.2, 0.25) is 0 Å². The summed E-state index contributed by atoms with van der Waals surface area (Å²) in [4.78, 5) is 10.8. The molecule has 0 aliphatic heterocycles. The molecular weight excluding hydrogens is 211 g/mol. The first kappa shape index (κ1) is 10.2. The minimum absolute atomic E-state index is 0.128. The molecule has 0 saturated heterocycles. The molecule has 0 aliphatic carbocycles. The Morgan fingerprint density at radius 2 is 2.12 bits per heavy atom. The van der Waals surface area contributed by atoms with Crippen LogP contribution in [0, 0.1) is 5.82 Å². The largest absolute Gasteiger partial charge is 0.397 e. The van der Waals surface area contributed by atoms with Crippen LogP contribution in [0.1, 0.15) is 10.5 Å². The van der Waals surface area contributed by atoms with E-state index < -0.39 is 11.7 Å². The van der Waals surface area contributed by atoms with Gasteiger partial charge in [0.05, 0.1) is 11.4 Å². The lowest BCUT2D eigenvalue weighted by atomic mass is 10.2. The number of nitrogens with two attached hydrogens (primary N) is 2. The summed E-state index contributed by atoms with van der Waals surface area (Å²) in [6.45, 7) is 0. The summed E-state index contributed by atoms with van der Waals surface area (Å²) < 4.78 is 14.2. The number of carbonyl (C=O) groups excluding carboxylic acids is 1. The molecule has 2 aromatic rings. The van der Waals surface area contributed by atoms with Crippen molar-refractivity contribution in [2.24, 2.45) is 5.73 Å². The fourth-order valence-corrected chi connectivity index (χ4v) is 1.32. The highest BCUT2D eigenvalue weighted by atomic mass is 19.1. The van der Waals surface area contributed by atoms with Crippen LogP contribution in [0.4, 0.5) is 10.1 Å². The van der Waals surface area contributed by atoms with Crippen molar-refractivity contribution >= 4 is 11.6 Å². The van der Waals surface area contributed by atoms with Crippen molar-refractivity contribution in [3.05, 3.63) is 42.0 Å². The molecule has 0 bridgehead atoms. The van der Waals surface area contributed by atoms with Crippen LogP contribution in [-0.2, 0) is 0 Å². The fourth-order valence-electron chi connectivity index (χ4n) is 1.32. The number of aromatic nitrogens is 2. The molecule has 82 valence electrons. The van der Waals surface area contributed by atoms with Crippen LogP contribution in [-0.4, -0.2) is 15.7 Å². The Balaban J connectivity index is 2.46. The first-order valence-corrected chi connectivity index (χ1v) is 4.49. The molecule has 5 nitrogen and oxygen atoms in total. The van der Waals surface area contributed by atoms with Crippen molar-refractivity contribution in [1.82, 2.24) is 9.78 Å². The van der Waals surface area contributed by atoms with Crippen LogP contribution in [0.5, 0.6) is 0 Å². The molecule has 0 radical (unpaired) electrons. The van der Waals surface area contributed by atoms with Crippen LogP contribution in [0.15, 0.2) is 30.5 Å². The average molecular weight is 220 g/mol. The topological polar surface area (TPSA) is 86.9 Å². The second-order valence-electron chi connectivity index (χ2n) is 3.21. The van der Waals surface area contributed by atoms with Gasteiger partial charge in [-0.15, -0.1) is 0 Å². The van der Waals surface area contributed by atoms with E-state index in [0.29, 0.717) is 5.69 Å². The first-order chi connectivity index (χ1) is 7.58. The SMILES string of the molecule is NC(=O)c1ccn(-c2ccc(F)cc2N)n1. The first-order valence-electron chi connectivity index (χ1n) is 4.49. The molecule has 16 heavy (non-hydrogen) atoms. The van der Waals surface area contributed by atoms with Gasteiger partial charge in [-0.3, -0.25) is 4.79 Å². The van der Waals surface area contributed by atoms with E-state index in [-0.39, 0.29) is 11.4 Å². The second-order valence-corrected chi connectivity index (χ2v) is 3.21. The Kier molecular flexibility index (Phi) is 2.32. The van der Waals surface area contributed by atoms with E-state index in [1.54, 1.807) is 0 Å². The lowest BCUT2D eigenvalue weighted by Gasteiger charge is -2.04. The highest BCUT2D eigenvalue weighted by Crippen LogP contribution is 2.17. The van der Waals surface area contributed by atoms with Gasteiger partial charge in [-0.05, 0) is 24.3 Å². The number of carbonyl (C=O) groups is 1. The molecule has 6 heteroatoms. The Bertz CT molecular complexity index is 550. The number of anilines is 1. The van der Waals surface area contributed by atoms with Gasteiger partial charge in [0.25, 0.3) is 5.91 Å². The number of hydrogen-bond acceptors (Lipinski definition) is 3. The molecule has 0 spiro atoms. The van der Waals surface area contributed by atoms with Gasteiger partial charge in [0, 0.05) is 6.20 Å². The molecule has 0 atom stereocenters. The summed E-state index contributed by atoms with van der Waals surface area (Å²) in [6.07, 6.45) is 1.53. The molecule has 1 heterocycles. The zero-order chi connectivity index (χ0) is 11.7. The molecular formula is C10H9FN4O. The van der Waals surface area contributed by atoms with E-state index in [4.69, 9.17) is 11.5 Å². The highest BCUT2D eigenvalue weighted by molar-refractivity contribution is 5.90. The van der Waals surface area contributed by atoms with Crippen LogP contribution >= 0.6 is 0 Å². The minimum atomic E-state index is -0.626. The van der Waals surface area contributed by atoms with Crippen molar-refractivity contribution in [2.75, 3.05) is 5.73 Å². The van der Waals surface area contributed by atoms with E-state index >= 15 is 0 Å². The summed E-state index contributed by atoms with van der Waals surface area (Å²) in [6, 6.07) is 5.38. The molecule has 2 rings (SSSR count). The molecule has 1 amide bonds. The van der Waals surface area contributed by atoms with E-state index in [0.717, 1.165) is 0 Å². The zero-order valence-corrected chi connectivity index (χ0v) is 8.22. The maximum Gasteiger partial charge on any atom is 0.269 e. The number of nitrogen functional groups attached to an aromatic ring is 1. The minimum Gasteiger partial charge on any atom is -0.397 e. The number of amides is 1. The predicted octanol–water partition coefficient (Wildman–Crippen LogP) is 0.693. The predicted molar refractivity (Wildman–Crippen MR) is 56.5 cm³/mol. The third-order valence-electron chi connectivity index (χ3n) is 2.08. The number of nitrogens with zero attached hydrogens (tertiary/aromatic N) is 2. The molecule has 0 fully saturated rings. The van der Waals surface area contributed by atoms with Crippen molar-refractivity contribution < 1.29 is 9.18 Å². The Morgan fingerprint density at radius 1 is 1.38 bits per heavy atom. The van der Waals surface area contributed by atoms with Gasteiger partial charge >= 0.3 is 0 Å². The van der Waals surface area contributed by atoms with Crippen molar-refractivity contribution in [2.45, 2.75) is 0 Å². The van der Waals surface area contributed by atoms with Gasteiger partial charge in [0.2, 0.25) is 0 Å². The number of benzene rings is 1. The maximum atomic E-state index is 12.8. The molecule has 0 saturated carbocycles. The quantitative estimate of drug-likeness (QED) is 0.730. The lowest BCUT2D eigenvalue weighted by molar-refractivity contribution is 0.0995. The van der Waals surface area contributed by atoms with Gasteiger partial charge in [-0.25, -0.2) is 9.07 Å². The van der Waals surface area contributed by atoms with Crippen LogP contribution in [0.25, 0.3) is 5.69 Å². The Morgan fingerprint density at radius 3 is 2.69 bits per heavy atom. The van der Waals surface area contributed by atoms with Crippen LogP contribution < -0.4 is 11.5 Å². The summed E-state index contributed by atoms with van der Waals surface area (Å²) in [5.74, 6) is -1.05. The van der Waals surface area contributed by atoms with E-state index in [9.17, 15) is 9.18 Å². The summed E-state index contributed by atoms with van der Waals surface area (Å²) in [5.41, 5.74) is 11.5. The third-order valence-corrected chi connectivity index (χ3v) is 2.08. The van der Waals surface area contributed by atoms with Gasteiger partial charge < -0.3 is 11.5 Å². The molecule has 0 aliphatic rings. The van der Waals surface area contributed by atoms with E-state index in [1.807, 2.05) is 0 Å². The van der Waals surface area contributed by atoms with Gasteiger partial charge in [-0.1, -0.05) is 0 Å². The van der Waals surface area contributed by atoms with E-state index in [1.165, 1.54) is 35.1 Å². The maximum absolute atomic E-state index is 12.8. The lowest BCUT2D eigenvalue weighted by Crippen LogP contribution is -2.12. The molecule has 1 aromatic carbocycles. The standard InChI is InChI=1S/C10H9FN4O/c11-6-1-2-9(7(12)5-6)15-4-3-8(14-15)10(13)16/h1-5H,12H2,(H2,13,16). The second kappa shape index (κ2) is 3.65. The number of halogens is 1. The third kappa shape index (κ3) is 1.72. The highest BCUT2D eigenvalue weighted by Gasteiger charge is 2.08. The fraction of sp³-hybridized carbons (Fsp3) is 0. The number of hydrogen-bond donors (Lipinski definition) is 2. The smallest absolute Gasteiger partial charge is 0.269 e. The Labute approximate surface area is 90.5 Å². The number of rotatable bonds is 2. The zero-order valence-electron chi connectivity index (χ0n) is 8.22. The van der Waals surface area contributed by atoms with Gasteiger partial charge in [0.1, 0.15) is 11.5 Å². The van der Waals surface area contributed by atoms with Crippen molar-refractivity contribution in [3.8, 4) is 5.69 Å². The molecule has 0 unspecified atom stereocenters. The monoisotopic (exact) mass is 220 g/mol. The number of primary amides is 1. The van der Waals surface area contributed by atoms with Crippen molar-refractivity contribution in [1.29, 1.82) is 0 Å². The normalized spacial score (nSPS) is 10.3. The average Bonchev–Trinajstić information content (AvgIpc) is 2.66.